The highest BCUT2D eigenvalue weighted by Crippen LogP contribution is 2.07. The molecule has 0 aliphatic rings. The van der Waals surface area contributed by atoms with Gasteiger partial charge < -0.3 is 5.32 Å². The van der Waals surface area contributed by atoms with Gasteiger partial charge in [-0.3, -0.25) is 0 Å². The van der Waals surface area contributed by atoms with Gasteiger partial charge in [-0.1, -0.05) is 19.1 Å². The second-order valence-corrected chi connectivity index (χ2v) is 6.00. The molecule has 0 saturated carbocycles. The van der Waals surface area contributed by atoms with Crippen LogP contribution in [-0.2, 0) is 15.8 Å². The second kappa shape index (κ2) is 6.82. The smallest absolute Gasteiger partial charge is 0.215 e. The van der Waals surface area contributed by atoms with Crippen molar-refractivity contribution >= 4 is 10.0 Å². The lowest BCUT2D eigenvalue weighted by atomic mass is 10.2. The zero-order valence-corrected chi connectivity index (χ0v) is 11.4. The fraction of sp³-hybridized carbons (Fsp3) is 0.500. The van der Waals surface area contributed by atoms with E-state index in [4.69, 9.17) is 0 Å². The molecule has 1 aromatic carbocycles. The van der Waals surface area contributed by atoms with Gasteiger partial charge >= 0.3 is 0 Å². The maximum atomic E-state index is 12.9. The summed E-state index contributed by atoms with van der Waals surface area (Å²) < 4.78 is 38.9. The predicted molar refractivity (Wildman–Crippen MR) is 70.2 cm³/mol. The van der Waals surface area contributed by atoms with E-state index >= 15 is 0 Å². The molecule has 0 amide bonds. The van der Waals surface area contributed by atoms with E-state index < -0.39 is 15.8 Å². The molecule has 18 heavy (non-hydrogen) atoms. The maximum Gasteiger partial charge on any atom is 0.215 e. The number of likely N-dealkylation sites (N-methyl/N-ethyl adjacent to an activating group) is 1. The van der Waals surface area contributed by atoms with E-state index in [-0.39, 0.29) is 11.8 Å². The number of nitrogens with one attached hydrogen (secondary N) is 2. The molecule has 4 nitrogen and oxygen atoms in total. The number of sulfonamides is 1. The summed E-state index contributed by atoms with van der Waals surface area (Å²) in [6.07, 6.45) is 0. The lowest BCUT2D eigenvalue weighted by Gasteiger charge is -2.13. The SMILES string of the molecule is CCN[C@H](C)CNS(=O)(=O)Cc1cccc(F)c1. The monoisotopic (exact) mass is 274 g/mol. The van der Waals surface area contributed by atoms with E-state index in [1.165, 1.54) is 18.2 Å². The highest BCUT2D eigenvalue weighted by Gasteiger charge is 2.13. The number of hydrogen-bond acceptors (Lipinski definition) is 3. The third kappa shape index (κ3) is 5.57. The number of rotatable bonds is 7. The number of hydrogen-bond donors (Lipinski definition) is 2. The van der Waals surface area contributed by atoms with Crippen molar-refractivity contribution in [3.05, 3.63) is 35.6 Å². The molecule has 0 unspecified atom stereocenters. The second-order valence-electron chi connectivity index (χ2n) is 4.20. The molecule has 0 bridgehead atoms. The van der Waals surface area contributed by atoms with Gasteiger partial charge in [-0.25, -0.2) is 17.5 Å². The minimum atomic E-state index is -3.42. The highest BCUT2D eigenvalue weighted by molar-refractivity contribution is 7.88. The maximum absolute atomic E-state index is 12.9. The van der Waals surface area contributed by atoms with E-state index in [0.717, 1.165) is 6.54 Å². The third-order valence-electron chi connectivity index (χ3n) is 2.41. The van der Waals surface area contributed by atoms with Crippen molar-refractivity contribution in [1.29, 1.82) is 0 Å². The molecule has 0 aliphatic heterocycles. The van der Waals surface area contributed by atoms with Gasteiger partial charge in [0.2, 0.25) is 10.0 Å². The Balaban J connectivity index is 2.54. The van der Waals surface area contributed by atoms with Crippen molar-refractivity contribution < 1.29 is 12.8 Å². The first-order valence-corrected chi connectivity index (χ1v) is 7.53. The molecule has 0 spiro atoms. The van der Waals surface area contributed by atoms with Crippen LogP contribution < -0.4 is 10.0 Å². The van der Waals surface area contributed by atoms with Crippen molar-refractivity contribution in [2.45, 2.75) is 25.6 Å². The lowest BCUT2D eigenvalue weighted by Crippen LogP contribution is -2.39. The molecule has 0 aromatic heterocycles. The van der Waals surface area contributed by atoms with Gasteiger partial charge in [0.1, 0.15) is 5.82 Å². The van der Waals surface area contributed by atoms with Crippen LogP contribution in [0.4, 0.5) is 4.39 Å². The number of benzene rings is 1. The zero-order valence-electron chi connectivity index (χ0n) is 10.6. The molecule has 2 N–H and O–H groups in total. The molecular weight excluding hydrogens is 255 g/mol. The van der Waals surface area contributed by atoms with E-state index in [2.05, 4.69) is 10.0 Å². The quantitative estimate of drug-likeness (QED) is 0.786. The summed E-state index contributed by atoms with van der Waals surface area (Å²) in [7, 11) is -3.42. The molecule has 0 heterocycles. The average Bonchev–Trinajstić information content (AvgIpc) is 2.26. The Labute approximate surface area is 108 Å². The molecule has 1 aromatic rings. The minimum Gasteiger partial charge on any atom is -0.313 e. The van der Waals surface area contributed by atoms with Gasteiger partial charge in [0, 0.05) is 12.6 Å². The Morgan fingerprint density at radius 1 is 1.39 bits per heavy atom. The summed E-state index contributed by atoms with van der Waals surface area (Å²) >= 11 is 0. The van der Waals surface area contributed by atoms with Crippen molar-refractivity contribution in [2.75, 3.05) is 13.1 Å². The van der Waals surface area contributed by atoms with Gasteiger partial charge in [-0.05, 0) is 31.2 Å². The Kier molecular flexibility index (Phi) is 5.71. The van der Waals surface area contributed by atoms with E-state index in [0.29, 0.717) is 12.1 Å². The van der Waals surface area contributed by atoms with Crippen LogP contribution in [0.15, 0.2) is 24.3 Å². The van der Waals surface area contributed by atoms with Gasteiger partial charge in [0.15, 0.2) is 0 Å². The van der Waals surface area contributed by atoms with E-state index in [9.17, 15) is 12.8 Å². The predicted octanol–water partition coefficient (Wildman–Crippen LogP) is 1.24. The first kappa shape index (κ1) is 15.1. The third-order valence-corrected chi connectivity index (χ3v) is 3.73. The molecule has 0 aliphatic carbocycles. The van der Waals surface area contributed by atoms with Gasteiger partial charge in [0.05, 0.1) is 5.75 Å². The molecular formula is C12H19FN2O2S. The normalized spacial score (nSPS) is 13.5. The Bertz CT molecular complexity index is 477. The van der Waals surface area contributed by atoms with E-state index in [1.807, 2.05) is 13.8 Å². The molecule has 6 heteroatoms. The summed E-state index contributed by atoms with van der Waals surface area (Å²) in [5, 5.41) is 3.10. The zero-order chi connectivity index (χ0) is 13.6. The van der Waals surface area contributed by atoms with E-state index in [1.54, 1.807) is 6.07 Å². The highest BCUT2D eigenvalue weighted by atomic mass is 32.2. The van der Waals surface area contributed by atoms with Crippen LogP contribution in [0.5, 0.6) is 0 Å². The largest absolute Gasteiger partial charge is 0.313 e. The van der Waals surface area contributed by atoms with Crippen LogP contribution in [0, 0.1) is 5.82 Å². The van der Waals surface area contributed by atoms with Crippen molar-refractivity contribution in [3.8, 4) is 0 Å². The van der Waals surface area contributed by atoms with Gasteiger partial charge in [-0.15, -0.1) is 0 Å². The lowest BCUT2D eigenvalue weighted by molar-refractivity contribution is 0.535. The van der Waals surface area contributed by atoms with Gasteiger partial charge in [-0.2, -0.15) is 0 Å². The Morgan fingerprint density at radius 2 is 2.11 bits per heavy atom. The summed E-state index contributed by atoms with van der Waals surface area (Å²) in [4.78, 5) is 0. The first-order valence-electron chi connectivity index (χ1n) is 5.88. The van der Waals surface area contributed by atoms with Crippen molar-refractivity contribution in [1.82, 2.24) is 10.0 Å². The first-order chi connectivity index (χ1) is 8.43. The summed E-state index contributed by atoms with van der Waals surface area (Å²) in [6.45, 7) is 4.96. The van der Waals surface area contributed by atoms with Crippen LogP contribution in [0.1, 0.15) is 19.4 Å². The van der Waals surface area contributed by atoms with Crippen LogP contribution in [-0.4, -0.2) is 27.5 Å². The molecule has 0 saturated heterocycles. The van der Waals surface area contributed by atoms with Crippen molar-refractivity contribution in [3.63, 3.8) is 0 Å². The summed E-state index contributed by atoms with van der Waals surface area (Å²) in [5.74, 6) is -0.632. The molecule has 0 radical (unpaired) electrons. The molecule has 0 fully saturated rings. The molecule has 1 atom stereocenters. The standard InChI is InChI=1S/C12H19FN2O2S/c1-3-14-10(2)8-15-18(16,17)9-11-5-4-6-12(13)7-11/h4-7,10,14-15H,3,8-9H2,1-2H3/t10-/m1/s1. The topological polar surface area (TPSA) is 58.2 Å². The fourth-order valence-corrected chi connectivity index (χ4v) is 2.79. The summed E-state index contributed by atoms with van der Waals surface area (Å²) in [5.41, 5.74) is 0.443. The number of halogens is 1. The minimum absolute atomic E-state index is 0.0669. The van der Waals surface area contributed by atoms with Crippen LogP contribution >= 0.6 is 0 Å². The molecule has 102 valence electrons. The van der Waals surface area contributed by atoms with Crippen molar-refractivity contribution in [2.24, 2.45) is 0 Å². The average molecular weight is 274 g/mol. The Hall–Kier alpha value is -0.980. The summed E-state index contributed by atoms with van der Waals surface area (Å²) in [6, 6.07) is 5.68. The van der Waals surface area contributed by atoms with Crippen LogP contribution in [0.25, 0.3) is 0 Å². The Morgan fingerprint density at radius 3 is 2.72 bits per heavy atom. The van der Waals surface area contributed by atoms with Crippen LogP contribution in [0.3, 0.4) is 0 Å². The fourth-order valence-electron chi connectivity index (χ4n) is 1.57. The van der Waals surface area contributed by atoms with Gasteiger partial charge in [0.25, 0.3) is 0 Å². The molecule has 1 rings (SSSR count). The van der Waals surface area contributed by atoms with Crippen LogP contribution in [0.2, 0.25) is 0 Å².